The number of aromatic nitrogens is 3. The second kappa shape index (κ2) is 5.80. The Morgan fingerprint density at radius 3 is 2.70 bits per heavy atom. The molecule has 2 heterocycles. The fourth-order valence-corrected chi connectivity index (χ4v) is 2.58. The van der Waals surface area contributed by atoms with E-state index in [0.717, 1.165) is 29.2 Å². The Morgan fingerprint density at radius 1 is 1.35 bits per heavy atom. The Balaban J connectivity index is 2.42. The molecule has 0 bridgehead atoms. The van der Waals surface area contributed by atoms with Gasteiger partial charge < -0.3 is 0 Å². The first-order chi connectivity index (χ1) is 9.49. The molecule has 0 radical (unpaired) electrons. The Hall–Kier alpha value is -2.26. The summed E-state index contributed by atoms with van der Waals surface area (Å²) < 4.78 is 0. The predicted octanol–water partition coefficient (Wildman–Crippen LogP) is 1.83. The highest BCUT2D eigenvalue weighted by molar-refractivity contribution is 7.99. The molecule has 0 saturated heterocycles. The van der Waals surface area contributed by atoms with Crippen LogP contribution in [-0.2, 0) is 0 Å². The van der Waals surface area contributed by atoms with Crippen LogP contribution in [0.3, 0.4) is 0 Å². The van der Waals surface area contributed by atoms with Crippen LogP contribution in [0.15, 0.2) is 28.4 Å². The van der Waals surface area contributed by atoms with Gasteiger partial charge >= 0.3 is 5.69 Å². The molecule has 20 heavy (non-hydrogen) atoms. The molecule has 0 aliphatic heterocycles. The summed E-state index contributed by atoms with van der Waals surface area (Å²) in [4.78, 5) is 22.5. The fourth-order valence-electron chi connectivity index (χ4n) is 1.59. The monoisotopic (exact) mass is 292 g/mol. The lowest BCUT2D eigenvalue weighted by atomic mass is 10.3. The molecule has 2 rings (SSSR count). The SMILES string of the molecule is Cc1cc(C)nc(Sc2nc(NN)ncc2[N+](=O)[O-])c1. The van der Waals surface area contributed by atoms with Crippen molar-refractivity contribution in [3.63, 3.8) is 0 Å². The van der Waals surface area contributed by atoms with Gasteiger partial charge in [0.25, 0.3) is 0 Å². The number of hydrazine groups is 1. The van der Waals surface area contributed by atoms with Gasteiger partial charge in [-0.15, -0.1) is 0 Å². The number of nitrogens with two attached hydrogens (primary N) is 1. The molecule has 3 N–H and O–H groups in total. The molecule has 0 aliphatic carbocycles. The third-order valence-electron chi connectivity index (χ3n) is 2.34. The van der Waals surface area contributed by atoms with Crippen molar-refractivity contribution >= 4 is 23.4 Å². The van der Waals surface area contributed by atoms with Crippen molar-refractivity contribution in [3.05, 3.63) is 39.7 Å². The summed E-state index contributed by atoms with van der Waals surface area (Å²) in [7, 11) is 0. The Kier molecular flexibility index (Phi) is 4.11. The van der Waals surface area contributed by atoms with Gasteiger partial charge in [-0.2, -0.15) is 4.98 Å². The van der Waals surface area contributed by atoms with Gasteiger partial charge in [0.2, 0.25) is 5.95 Å². The lowest BCUT2D eigenvalue weighted by molar-refractivity contribution is -0.388. The molecular weight excluding hydrogens is 280 g/mol. The number of nitrogens with one attached hydrogen (secondary N) is 1. The maximum Gasteiger partial charge on any atom is 0.320 e. The van der Waals surface area contributed by atoms with Crippen molar-refractivity contribution in [2.45, 2.75) is 23.9 Å². The van der Waals surface area contributed by atoms with Gasteiger partial charge in [0.05, 0.1) is 4.92 Å². The normalized spacial score (nSPS) is 10.3. The number of hydrogen-bond acceptors (Lipinski definition) is 8. The summed E-state index contributed by atoms with van der Waals surface area (Å²) in [6.07, 6.45) is 1.12. The van der Waals surface area contributed by atoms with Crippen LogP contribution >= 0.6 is 11.8 Å². The quantitative estimate of drug-likeness (QED) is 0.379. The highest BCUT2D eigenvalue weighted by Gasteiger charge is 2.19. The maximum atomic E-state index is 11.0. The highest BCUT2D eigenvalue weighted by Crippen LogP contribution is 2.32. The van der Waals surface area contributed by atoms with Crippen LogP contribution < -0.4 is 11.3 Å². The number of pyridine rings is 1. The van der Waals surface area contributed by atoms with Crippen LogP contribution in [0, 0.1) is 24.0 Å². The van der Waals surface area contributed by atoms with E-state index in [0.29, 0.717) is 5.03 Å². The minimum Gasteiger partial charge on any atom is -0.292 e. The summed E-state index contributed by atoms with van der Waals surface area (Å²) in [5, 5.41) is 11.8. The van der Waals surface area contributed by atoms with Crippen molar-refractivity contribution in [1.82, 2.24) is 15.0 Å². The Morgan fingerprint density at radius 2 is 2.10 bits per heavy atom. The standard InChI is InChI=1S/C11H12N6O2S/c1-6-3-7(2)14-9(4-6)20-10-8(17(18)19)5-13-11(15-10)16-12/h3-5H,12H2,1-2H3,(H,13,15,16). The number of rotatable bonds is 4. The van der Waals surface area contributed by atoms with Gasteiger partial charge in [-0.3, -0.25) is 15.5 Å². The van der Waals surface area contributed by atoms with Crippen LogP contribution in [0.2, 0.25) is 0 Å². The molecule has 0 amide bonds. The molecule has 0 atom stereocenters. The van der Waals surface area contributed by atoms with Crippen molar-refractivity contribution in [2.75, 3.05) is 5.43 Å². The number of anilines is 1. The maximum absolute atomic E-state index is 11.0. The lowest BCUT2D eigenvalue weighted by Crippen LogP contribution is -2.11. The van der Waals surface area contributed by atoms with E-state index in [9.17, 15) is 10.1 Å². The number of nitrogen functional groups attached to an aromatic ring is 1. The first kappa shape index (κ1) is 14.2. The number of nitrogens with zero attached hydrogens (tertiary/aromatic N) is 4. The molecule has 0 saturated carbocycles. The van der Waals surface area contributed by atoms with Crippen molar-refractivity contribution in [2.24, 2.45) is 5.84 Å². The van der Waals surface area contributed by atoms with E-state index in [1.165, 1.54) is 0 Å². The molecular formula is C11H12N6O2S. The van der Waals surface area contributed by atoms with Crippen LogP contribution in [0.4, 0.5) is 11.6 Å². The number of nitro groups is 1. The zero-order chi connectivity index (χ0) is 14.7. The van der Waals surface area contributed by atoms with Gasteiger partial charge in [-0.25, -0.2) is 15.8 Å². The number of hydrogen-bond donors (Lipinski definition) is 2. The van der Waals surface area contributed by atoms with Gasteiger partial charge in [0.15, 0.2) is 5.03 Å². The smallest absolute Gasteiger partial charge is 0.292 e. The first-order valence-electron chi connectivity index (χ1n) is 5.61. The summed E-state index contributed by atoms with van der Waals surface area (Å²) in [6.45, 7) is 3.79. The molecule has 0 aromatic carbocycles. The minimum absolute atomic E-state index is 0.113. The van der Waals surface area contributed by atoms with Gasteiger partial charge in [-0.1, -0.05) is 0 Å². The molecule has 0 aliphatic rings. The van der Waals surface area contributed by atoms with Crippen LogP contribution in [0.1, 0.15) is 11.3 Å². The summed E-state index contributed by atoms with van der Waals surface area (Å²) in [6, 6.07) is 3.75. The average molecular weight is 292 g/mol. The highest BCUT2D eigenvalue weighted by atomic mass is 32.2. The summed E-state index contributed by atoms with van der Waals surface area (Å²) >= 11 is 1.10. The molecule has 0 fully saturated rings. The van der Waals surface area contributed by atoms with E-state index in [1.807, 2.05) is 26.0 Å². The van der Waals surface area contributed by atoms with E-state index in [-0.39, 0.29) is 16.7 Å². The van der Waals surface area contributed by atoms with Gasteiger partial charge in [-0.05, 0) is 43.3 Å². The largest absolute Gasteiger partial charge is 0.320 e. The Bertz CT molecular complexity index is 643. The van der Waals surface area contributed by atoms with Crippen molar-refractivity contribution in [3.8, 4) is 0 Å². The summed E-state index contributed by atoms with van der Waals surface area (Å²) in [5.41, 5.74) is 3.93. The average Bonchev–Trinajstić information content (AvgIpc) is 2.37. The third-order valence-corrected chi connectivity index (χ3v) is 3.25. The molecule has 8 nitrogen and oxygen atoms in total. The number of aryl methyl sites for hydroxylation is 2. The molecule has 2 aromatic heterocycles. The zero-order valence-electron chi connectivity index (χ0n) is 10.8. The Labute approximate surface area is 119 Å². The van der Waals surface area contributed by atoms with E-state index >= 15 is 0 Å². The van der Waals surface area contributed by atoms with E-state index in [2.05, 4.69) is 20.4 Å². The molecule has 2 aromatic rings. The van der Waals surface area contributed by atoms with Crippen LogP contribution in [0.5, 0.6) is 0 Å². The van der Waals surface area contributed by atoms with E-state index in [1.54, 1.807) is 0 Å². The first-order valence-corrected chi connectivity index (χ1v) is 6.42. The lowest BCUT2D eigenvalue weighted by Gasteiger charge is -2.05. The van der Waals surface area contributed by atoms with Crippen molar-refractivity contribution in [1.29, 1.82) is 0 Å². The van der Waals surface area contributed by atoms with Crippen LogP contribution in [0.25, 0.3) is 0 Å². The fraction of sp³-hybridized carbons (Fsp3) is 0.182. The zero-order valence-corrected chi connectivity index (χ0v) is 11.6. The van der Waals surface area contributed by atoms with Crippen LogP contribution in [-0.4, -0.2) is 19.9 Å². The van der Waals surface area contributed by atoms with E-state index in [4.69, 9.17) is 5.84 Å². The van der Waals surface area contributed by atoms with Gasteiger partial charge in [0.1, 0.15) is 11.2 Å². The van der Waals surface area contributed by atoms with Crippen molar-refractivity contribution < 1.29 is 4.92 Å². The predicted molar refractivity (Wildman–Crippen MR) is 74.3 cm³/mol. The molecule has 0 spiro atoms. The molecule has 0 unspecified atom stereocenters. The third kappa shape index (κ3) is 3.19. The minimum atomic E-state index is -0.536. The second-order valence-electron chi connectivity index (χ2n) is 4.01. The summed E-state index contributed by atoms with van der Waals surface area (Å²) in [5.74, 6) is 5.33. The topological polar surface area (TPSA) is 120 Å². The second-order valence-corrected chi connectivity index (χ2v) is 5.02. The van der Waals surface area contributed by atoms with Gasteiger partial charge in [0, 0.05) is 5.69 Å². The van der Waals surface area contributed by atoms with E-state index < -0.39 is 4.92 Å². The molecule has 9 heteroatoms. The molecule has 104 valence electrons.